The van der Waals surface area contributed by atoms with E-state index in [0.717, 1.165) is 13.1 Å². The maximum absolute atomic E-state index is 6.14. The fourth-order valence-corrected chi connectivity index (χ4v) is 2.60. The first kappa shape index (κ1) is 14.5. The minimum Gasteiger partial charge on any atom is -0.369 e. The molecule has 0 spiro atoms. The molecule has 0 aliphatic rings. The molecule has 102 valence electrons. The predicted molar refractivity (Wildman–Crippen MR) is 86.8 cm³/mol. The van der Waals surface area contributed by atoms with Crippen molar-refractivity contribution in [2.75, 3.05) is 18.0 Å². The van der Waals surface area contributed by atoms with Gasteiger partial charge in [0.2, 0.25) is 0 Å². The van der Waals surface area contributed by atoms with Gasteiger partial charge in [0, 0.05) is 29.5 Å². The Labute approximate surface area is 125 Å². The third kappa shape index (κ3) is 4.02. The highest BCUT2D eigenvalue weighted by Gasteiger charge is 2.12. The van der Waals surface area contributed by atoms with E-state index in [9.17, 15) is 0 Å². The molecular weight excluding hydrogens is 277 g/mol. The second kappa shape index (κ2) is 6.49. The molecule has 0 amide bonds. The Morgan fingerprint density at radius 1 is 0.895 bits per heavy atom. The summed E-state index contributed by atoms with van der Waals surface area (Å²) in [6.45, 7) is 5.62. The van der Waals surface area contributed by atoms with Crippen LogP contribution in [0.1, 0.15) is 13.8 Å². The van der Waals surface area contributed by atoms with Crippen molar-refractivity contribution in [1.82, 2.24) is 0 Å². The van der Waals surface area contributed by atoms with E-state index in [-0.39, 0.29) is 10.8 Å². The van der Waals surface area contributed by atoms with Crippen molar-refractivity contribution in [1.29, 1.82) is 0 Å². The number of alkyl halides is 2. The Balaban J connectivity index is 2.32. The quantitative estimate of drug-likeness (QED) is 0.709. The summed E-state index contributed by atoms with van der Waals surface area (Å²) >= 11 is 12.3. The molecule has 2 rings (SSSR count). The zero-order chi connectivity index (χ0) is 13.8. The summed E-state index contributed by atoms with van der Waals surface area (Å²) < 4.78 is 0. The number of anilines is 1. The second-order valence-electron chi connectivity index (χ2n) is 5.00. The normalized spacial score (nSPS) is 14.3. The molecule has 0 N–H and O–H groups in total. The lowest BCUT2D eigenvalue weighted by Gasteiger charge is -2.27. The van der Waals surface area contributed by atoms with Gasteiger partial charge in [0.15, 0.2) is 0 Å². The van der Waals surface area contributed by atoms with E-state index in [1.165, 1.54) is 16.5 Å². The highest BCUT2D eigenvalue weighted by atomic mass is 35.5. The average Bonchev–Trinajstić information content (AvgIpc) is 2.36. The van der Waals surface area contributed by atoms with E-state index in [4.69, 9.17) is 23.2 Å². The predicted octanol–water partition coefficient (Wildman–Crippen LogP) is 4.90. The Morgan fingerprint density at radius 2 is 1.47 bits per heavy atom. The van der Waals surface area contributed by atoms with Gasteiger partial charge in [-0.3, -0.25) is 0 Å². The fourth-order valence-electron chi connectivity index (χ4n) is 2.27. The lowest BCUT2D eigenvalue weighted by Crippen LogP contribution is -2.33. The van der Waals surface area contributed by atoms with Crippen molar-refractivity contribution >= 4 is 39.7 Å². The number of hydrogen-bond acceptors (Lipinski definition) is 1. The van der Waals surface area contributed by atoms with Gasteiger partial charge in [0.05, 0.1) is 0 Å². The van der Waals surface area contributed by atoms with Crippen LogP contribution < -0.4 is 4.90 Å². The molecule has 0 saturated carbocycles. The summed E-state index contributed by atoms with van der Waals surface area (Å²) in [7, 11) is 0. The maximum atomic E-state index is 6.14. The van der Waals surface area contributed by atoms with Crippen LogP contribution in [0.3, 0.4) is 0 Å². The Bertz CT molecular complexity index is 527. The third-order valence-electron chi connectivity index (χ3n) is 3.04. The number of benzene rings is 2. The van der Waals surface area contributed by atoms with Crippen LogP contribution in [0.15, 0.2) is 42.5 Å². The van der Waals surface area contributed by atoms with Crippen LogP contribution in [0.4, 0.5) is 5.69 Å². The van der Waals surface area contributed by atoms with Crippen molar-refractivity contribution in [2.24, 2.45) is 0 Å². The Morgan fingerprint density at radius 3 is 2.05 bits per heavy atom. The second-order valence-corrected chi connectivity index (χ2v) is 6.49. The molecule has 2 aromatic rings. The van der Waals surface area contributed by atoms with Gasteiger partial charge >= 0.3 is 0 Å². The van der Waals surface area contributed by atoms with Crippen LogP contribution in [0.2, 0.25) is 0 Å². The number of fused-ring (bicyclic) bond motifs is 1. The monoisotopic (exact) mass is 295 g/mol. The average molecular weight is 296 g/mol. The van der Waals surface area contributed by atoms with E-state index >= 15 is 0 Å². The lowest BCUT2D eigenvalue weighted by molar-refractivity contribution is 0.754. The highest BCUT2D eigenvalue weighted by molar-refractivity contribution is 6.21. The number of hydrogen-bond donors (Lipinski definition) is 0. The third-order valence-corrected chi connectivity index (χ3v) is 3.32. The molecule has 0 aliphatic heterocycles. The Hall–Kier alpha value is -0.920. The number of rotatable bonds is 5. The molecule has 2 aromatic carbocycles. The summed E-state index contributed by atoms with van der Waals surface area (Å²) in [6, 6.07) is 14.9. The summed E-state index contributed by atoms with van der Waals surface area (Å²) in [5.41, 5.74) is 1.18. The molecule has 0 aliphatic carbocycles. The van der Waals surface area contributed by atoms with Crippen molar-refractivity contribution in [2.45, 2.75) is 24.6 Å². The van der Waals surface area contributed by atoms with Crippen LogP contribution in [0.5, 0.6) is 0 Å². The summed E-state index contributed by atoms with van der Waals surface area (Å²) in [5.74, 6) is 0. The van der Waals surface area contributed by atoms with E-state index in [2.05, 4.69) is 47.4 Å². The van der Waals surface area contributed by atoms with Crippen molar-refractivity contribution in [3.8, 4) is 0 Å². The molecule has 0 radical (unpaired) electrons. The maximum Gasteiger partial charge on any atom is 0.0483 e. The smallest absolute Gasteiger partial charge is 0.0483 e. The van der Waals surface area contributed by atoms with E-state index in [1.807, 2.05) is 13.8 Å². The van der Waals surface area contributed by atoms with Crippen LogP contribution >= 0.6 is 23.2 Å². The molecule has 0 unspecified atom stereocenters. The zero-order valence-corrected chi connectivity index (χ0v) is 12.8. The molecule has 0 bridgehead atoms. The van der Waals surface area contributed by atoms with Crippen LogP contribution in [0, 0.1) is 0 Å². The van der Waals surface area contributed by atoms with Gasteiger partial charge in [-0.25, -0.2) is 0 Å². The molecule has 0 heterocycles. The highest BCUT2D eigenvalue weighted by Crippen LogP contribution is 2.23. The van der Waals surface area contributed by atoms with Crippen molar-refractivity contribution < 1.29 is 0 Å². The largest absolute Gasteiger partial charge is 0.369 e. The summed E-state index contributed by atoms with van der Waals surface area (Å²) in [5, 5.41) is 2.70. The van der Waals surface area contributed by atoms with E-state index in [0.29, 0.717) is 0 Å². The molecule has 19 heavy (non-hydrogen) atoms. The van der Waals surface area contributed by atoms with Gasteiger partial charge in [-0.05, 0) is 36.8 Å². The van der Waals surface area contributed by atoms with E-state index in [1.54, 1.807) is 0 Å². The van der Waals surface area contributed by atoms with Gasteiger partial charge in [0.25, 0.3) is 0 Å². The first-order valence-electron chi connectivity index (χ1n) is 6.58. The van der Waals surface area contributed by atoms with Crippen molar-refractivity contribution in [3.05, 3.63) is 42.5 Å². The molecule has 1 nitrogen and oxygen atoms in total. The summed E-state index contributed by atoms with van der Waals surface area (Å²) in [4.78, 5) is 2.25. The molecule has 0 saturated heterocycles. The van der Waals surface area contributed by atoms with Crippen LogP contribution in [0.25, 0.3) is 10.8 Å². The number of nitrogens with zero attached hydrogens (tertiary/aromatic N) is 1. The molecule has 3 heteroatoms. The summed E-state index contributed by atoms with van der Waals surface area (Å²) in [6.07, 6.45) is 0. The Kier molecular flexibility index (Phi) is 4.95. The molecule has 2 atom stereocenters. The van der Waals surface area contributed by atoms with Gasteiger partial charge < -0.3 is 4.90 Å². The van der Waals surface area contributed by atoms with Gasteiger partial charge in [-0.2, -0.15) is 0 Å². The van der Waals surface area contributed by atoms with Crippen LogP contribution in [-0.4, -0.2) is 23.8 Å². The van der Waals surface area contributed by atoms with Gasteiger partial charge in [0.1, 0.15) is 0 Å². The molecular formula is C16H19Cl2N. The fraction of sp³-hybridized carbons (Fsp3) is 0.375. The number of halogens is 2. The minimum absolute atomic E-state index is 0.0990. The first-order valence-corrected chi connectivity index (χ1v) is 7.45. The van der Waals surface area contributed by atoms with Crippen LogP contribution in [-0.2, 0) is 0 Å². The zero-order valence-electron chi connectivity index (χ0n) is 11.3. The van der Waals surface area contributed by atoms with Crippen molar-refractivity contribution in [3.63, 3.8) is 0 Å². The molecule has 0 fully saturated rings. The van der Waals surface area contributed by atoms with Gasteiger partial charge in [-0.1, -0.05) is 30.3 Å². The molecule has 0 aromatic heterocycles. The van der Waals surface area contributed by atoms with E-state index < -0.39 is 0 Å². The standard InChI is InChI=1S/C16H19Cl2N/c1-12(17)10-19(11-13(2)18)16-8-7-14-5-3-4-6-15(14)9-16/h3-9,12-13H,10-11H2,1-2H3/t12-,13-/m0/s1. The topological polar surface area (TPSA) is 3.24 Å². The lowest BCUT2D eigenvalue weighted by atomic mass is 10.1. The minimum atomic E-state index is 0.0990. The first-order chi connectivity index (χ1) is 9.06. The van der Waals surface area contributed by atoms with Gasteiger partial charge in [-0.15, -0.1) is 23.2 Å². The SMILES string of the molecule is C[C@H](Cl)CN(C[C@H](C)Cl)c1ccc2ccccc2c1.